The average molecular weight is 391 g/mol. The predicted molar refractivity (Wildman–Crippen MR) is 117 cm³/mol. The first-order valence-corrected chi connectivity index (χ1v) is 11.4. The molecule has 5 rings (SSSR count). The van der Waals surface area contributed by atoms with Crippen LogP contribution in [0.3, 0.4) is 0 Å². The molecule has 0 spiro atoms. The summed E-state index contributed by atoms with van der Waals surface area (Å²) >= 11 is 0. The van der Waals surface area contributed by atoms with Gasteiger partial charge >= 0.3 is 0 Å². The smallest absolute Gasteiger partial charge is 0.115 e. The van der Waals surface area contributed by atoms with Crippen molar-refractivity contribution < 1.29 is 10.2 Å². The van der Waals surface area contributed by atoms with E-state index in [4.69, 9.17) is 0 Å². The quantitative estimate of drug-likeness (QED) is 0.672. The Labute approximate surface area is 175 Å². The van der Waals surface area contributed by atoms with Gasteiger partial charge in [0.1, 0.15) is 5.75 Å². The summed E-state index contributed by atoms with van der Waals surface area (Å²) in [5, 5.41) is 21.2. The van der Waals surface area contributed by atoms with Crippen LogP contribution < -0.4 is 0 Å². The lowest BCUT2D eigenvalue weighted by molar-refractivity contribution is 0.00210. The highest BCUT2D eigenvalue weighted by Gasteiger charge is 2.60. The van der Waals surface area contributed by atoms with Crippen LogP contribution in [-0.4, -0.2) is 16.3 Å². The number of aromatic hydroxyl groups is 1. The van der Waals surface area contributed by atoms with Gasteiger partial charge in [0.05, 0.1) is 6.10 Å². The van der Waals surface area contributed by atoms with Gasteiger partial charge in [0.15, 0.2) is 0 Å². The van der Waals surface area contributed by atoms with Crippen molar-refractivity contribution in [1.29, 1.82) is 0 Å². The normalized spacial score (nSPS) is 38.4. The van der Waals surface area contributed by atoms with Gasteiger partial charge in [-0.25, -0.2) is 0 Å². The molecule has 0 aliphatic heterocycles. The fourth-order valence-electron chi connectivity index (χ4n) is 7.67. The second-order valence-corrected chi connectivity index (χ2v) is 10.6. The molecule has 2 N–H and O–H groups in total. The SMILES string of the molecule is CC(C)[C@H]1[C@H]2[C@H]3[C@H](CC[C@]2(C)C[C@H]1O)c1ccc(O)cc1C[C@H]3c1ccccc1. The van der Waals surface area contributed by atoms with Crippen molar-refractivity contribution in [2.75, 3.05) is 0 Å². The molecule has 0 aromatic heterocycles. The van der Waals surface area contributed by atoms with Gasteiger partial charge in [-0.05, 0) is 95.4 Å². The second-order valence-electron chi connectivity index (χ2n) is 10.6. The van der Waals surface area contributed by atoms with E-state index in [0.717, 1.165) is 12.8 Å². The minimum absolute atomic E-state index is 0.179. The van der Waals surface area contributed by atoms with Crippen LogP contribution >= 0.6 is 0 Å². The molecule has 0 unspecified atom stereocenters. The first kappa shape index (κ1) is 19.2. The van der Waals surface area contributed by atoms with E-state index in [2.05, 4.69) is 57.2 Å². The Morgan fingerprint density at radius 3 is 2.52 bits per heavy atom. The van der Waals surface area contributed by atoms with E-state index >= 15 is 0 Å². The van der Waals surface area contributed by atoms with Crippen LogP contribution in [0, 0.1) is 29.1 Å². The molecule has 2 fully saturated rings. The second kappa shape index (κ2) is 6.87. The first-order chi connectivity index (χ1) is 13.9. The van der Waals surface area contributed by atoms with Crippen molar-refractivity contribution in [3.63, 3.8) is 0 Å². The van der Waals surface area contributed by atoms with Crippen LogP contribution in [0.2, 0.25) is 0 Å². The van der Waals surface area contributed by atoms with Gasteiger partial charge in [-0.3, -0.25) is 0 Å². The van der Waals surface area contributed by atoms with Gasteiger partial charge < -0.3 is 10.2 Å². The third-order valence-electron chi connectivity index (χ3n) is 8.67. The number of aliphatic hydroxyl groups is 1. The molecule has 7 atom stereocenters. The lowest BCUT2D eigenvalue weighted by Gasteiger charge is -2.54. The minimum Gasteiger partial charge on any atom is -0.508 e. The molecule has 0 radical (unpaired) electrons. The first-order valence-electron chi connectivity index (χ1n) is 11.4. The highest BCUT2D eigenvalue weighted by molar-refractivity contribution is 5.43. The highest BCUT2D eigenvalue weighted by Crippen LogP contribution is 2.66. The van der Waals surface area contributed by atoms with Crippen molar-refractivity contribution in [3.8, 4) is 5.75 Å². The number of aliphatic hydroxyl groups excluding tert-OH is 1. The molecule has 2 heteroatoms. The van der Waals surface area contributed by atoms with Gasteiger partial charge in [-0.2, -0.15) is 0 Å². The van der Waals surface area contributed by atoms with E-state index in [-0.39, 0.29) is 11.5 Å². The summed E-state index contributed by atoms with van der Waals surface area (Å²) in [5.74, 6) is 3.32. The summed E-state index contributed by atoms with van der Waals surface area (Å²) < 4.78 is 0. The van der Waals surface area contributed by atoms with Gasteiger partial charge in [0, 0.05) is 0 Å². The van der Waals surface area contributed by atoms with Gasteiger partial charge in [0.2, 0.25) is 0 Å². The summed E-state index contributed by atoms with van der Waals surface area (Å²) in [6.45, 7) is 7.05. The zero-order valence-electron chi connectivity index (χ0n) is 17.9. The van der Waals surface area contributed by atoms with Crippen LogP contribution in [0.4, 0.5) is 0 Å². The number of phenols is 1. The zero-order chi connectivity index (χ0) is 20.3. The monoisotopic (exact) mass is 390 g/mol. The molecule has 0 saturated heterocycles. The van der Waals surface area contributed by atoms with Crippen molar-refractivity contribution in [2.45, 2.75) is 64.4 Å². The van der Waals surface area contributed by atoms with Crippen LogP contribution in [0.25, 0.3) is 0 Å². The lowest BCUT2D eigenvalue weighted by atomic mass is 9.50. The molecule has 2 nitrogen and oxygen atoms in total. The van der Waals surface area contributed by atoms with Crippen molar-refractivity contribution >= 4 is 0 Å². The maximum Gasteiger partial charge on any atom is 0.115 e. The number of rotatable bonds is 2. The Morgan fingerprint density at radius 2 is 1.79 bits per heavy atom. The lowest BCUT2D eigenvalue weighted by Crippen LogP contribution is -2.46. The summed E-state index contributed by atoms with van der Waals surface area (Å²) in [6, 6.07) is 17.1. The van der Waals surface area contributed by atoms with Gasteiger partial charge in [0.25, 0.3) is 0 Å². The zero-order valence-corrected chi connectivity index (χ0v) is 17.9. The van der Waals surface area contributed by atoms with Crippen molar-refractivity contribution in [2.24, 2.45) is 29.1 Å². The summed E-state index contributed by atoms with van der Waals surface area (Å²) in [7, 11) is 0. The van der Waals surface area contributed by atoms with Crippen LogP contribution in [0.1, 0.15) is 68.6 Å². The van der Waals surface area contributed by atoms with E-state index in [1.165, 1.54) is 29.5 Å². The molecule has 2 saturated carbocycles. The summed E-state index contributed by atoms with van der Waals surface area (Å²) in [6.07, 6.45) is 4.15. The Morgan fingerprint density at radius 1 is 1.03 bits per heavy atom. The Bertz CT molecular complexity index is 889. The van der Waals surface area contributed by atoms with Crippen molar-refractivity contribution in [3.05, 3.63) is 65.2 Å². The highest BCUT2D eigenvalue weighted by atomic mass is 16.3. The fraction of sp³-hybridized carbons (Fsp3) is 0.556. The third-order valence-corrected chi connectivity index (χ3v) is 8.67. The molecule has 2 aromatic rings. The van der Waals surface area contributed by atoms with E-state index in [9.17, 15) is 10.2 Å². The van der Waals surface area contributed by atoms with Gasteiger partial charge in [-0.1, -0.05) is 57.2 Å². The van der Waals surface area contributed by atoms with E-state index in [1.807, 2.05) is 12.1 Å². The fourth-order valence-corrected chi connectivity index (χ4v) is 7.67. The van der Waals surface area contributed by atoms with Crippen LogP contribution in [0.5, 0.6) is 5.75 Å². The summed E-state index contributed by atoms with van der Waals surface area (Å²) in [4.78, 5) is 0. The Hall–Kier alpha value is -1.80. The van der Waals surface area contributed by atoms with E-state index < -0.39 is 0 Å². The molecule has 3 aliphatic carbocycles. The van der Waals surface area contributed by atoms with E-state index in [1.54, 1.807) is 0 Å². The van der Waals surface area contributed by atoms with Crippen LogP contribution in [0.15, 0.2) is 48.5 Å². The van der Waals surface area contributed by atoms with E-state index in [0.29, 0.717) is 41.3 Å². The number of benzene rings is 2. The third kappa shape index (κ3) is 2.94. The number of hydrogen-bond acceptors (Lipinski definition) is 2. The summed E-state index contributed by atoms with van der Waals surface area (Å²) in [5.41, 5.74) is 4.43. The molecule has 0 heterocycles. The average Bonchev–Trinajstić information content (AvgIpc) is 2.97. The molecular weight excluding hydrogens is 356 g/mol. The Balaban J connectivity index is 1.67. The number of hydrogen-bond donors (Lipinski definition) is 2. The molecule has 0 amide bonds. The molecule has 29 heavy (non-hydrogen) atoms. The molecular formula is C27H34O2. The maximum atomic E-state index is 11.1. The Kier molecular flexibility index (Phi) is 4.55. The molecule has 0 bridgehead atoms. The van der Waals surface area contributed by atoms with Crippen molar-refractivity contribution in [1.82, 2.24) is 0 Å². The predicted octanol–water partition coefficient (Wildman–Crippen LogP) is 5.89. The maximum absolute atomic E-state index is 11.1. The number of phenolic OH excluding ortho intramolecular Hbond substituents is 1. The minimum atomic E-state index is -0.179. The topological polar surface area (TPSA) is 40.5 Å². The standard InChI is InChI=1S/C27H34O2/c1-16(2)24-23(29)15-27(3)12-11-21-20-10-9-19(28)13-18(20)14-22(25(21)26(24)27)17-7-5-4-6-8-17/h4-10,13,16,21-26,28-29H,11-12,14-15H2,1-3H3/t21-,22+,23-,24-,25+,26+,27-/m1/s1. The molecule has 3 aliphatic rings. The largest absolute Gasteiger partial charge is 0.508 e. The number of fused-ring (bicyclic) bond motifs is 5. The van der Waals surface area contributed by atoms with Gasteiger partial charge in [-0.15, -0.1) is 0 Å². The molecule has 2 aromatic carbocycles. The van der Waals surface area contributed by atoms with Crippen LogP contribution in [-0.2, 0) is 6.42 Å². The molecule has 154 valence electrons.